The Balaban J connectivity index is 2.25. The fraction of sp³-hybridized carbons (Fsp3) is 0.533. The van der Waals surface area contributed by atoms with E-state index in [0.717, 1.165) is 12.8 Å². The van der Waals surface area contributed by atoms with Crippen LogP contribution < -0.4 is 9.47 Å². The molecule has 0 aromatic heterocycles. The molecule has 0 spiro atoms. The molecular formula is C15H17ClO5. The number of ether oxygens (including phenoxy) is 2. The van der Waals surface area contributed by atoms with Gasteiger partial charge in [0.1, 0.15) is 11.2 Å². The first kappa shape index (κ1) is 14.3. The van der Waals surface area contributed by atoms with Crippen LogP contribution in [0, 0.1) is 0 Å². The van der Waals surface area contributed by atoms with E-state index < -0.39 is 11.4 Å². The predicted octanol–water partition coefficient (Wildman–Crippen LogP) is 3.10. The van der Waals surface area contributed by atoms with Crippen molar-refractivity contribution in [1.29, 1.82) is 0 Å². The summed E-state index contributed by atoms with van der Waals surface area (Å²) in [6, 6.07) is 1.49. The number of aromatic hydroxyl groups is 1. The standard InChI is InChI=1S/C15H17ClO5/c16-9-8-10-13(21-7-3-6-20-10)11(12(9)17)15(14(18)19)4-1-2-5-15/h8,17H,1-7H2,(H,18,19). The van der Waals surface area contributed by atoms with E-state index >= 15 is 0 Å². The molecule has 0 bridgehead atoms. The SMILES string of the molecule is O=C(O)C1(c2c(O)c(Cl)cc3c2OCCCO3)CCCC1. The van der Waals surface area contributed by atoms with Crippen molar-refractivity contribution < 1.29 is 24.5 Å². The summed E-state index contributed by atoms with van der Waals surface area (Å²) in [7, 11) is 0. The highest BCUT2D eigenvalue weighted by molar-refractivity contribution is 6.32. The highest BCUT2D eigenvalue weighted by Crippen LogP contribution is 2.54. The van der Waals surface area contributed by atoms with Crippen molar-refractivity contribution in [2.45, 2.75) is 37.5 Å². The molecule has 0 amide bonds. The lowest BCUT2D eigenvalue weighted by Crippen LogP contribution is -2.33. The van der Waals surface area contributed by atoms with Gasteiger partial charge in [0.2, 0.25) is 0 Å². The summed E-state index contributed by atoms with van der Waals surface area (Å²) < 4.78 is 11.3. The molecule has 0 unspecified atom stereocenters. The van der Waals surface area contributed by atoms with Crippen LogP contribution in [0.1, 0.15) is 37.7 Å². The molecule has 2 aliphatic rings. The first-order valence-electron chi connectivity index (χ1n) is 7.11. The topological polar surface area (TPSA) is 76.0 Å². The third-order valence-corrected chi connectivity index (χ3v) is 4.60. The molecular weight excluding hydrogens is 296 g/mol. The van der Waals surface area contributed by atoms with Gasteiger partial charge in [0.15, 0.2) is 11.5 Å². The van der Waals surface area contributed by atoms with E-state index in [9.17, 15) is 15.0 Å². The first-order chi connectivity index (χ1) is 10.1. The van der Waals surface area contributed by atoms with Crippen molar-refractivity contribution in [3.05, 3.63) is 16.7 Å². The van der Waals surface area contributed by atoms with E-state index in [1.54, 1.807) is 0 Å². The van der Waals surface area contributed by atoms with Crippen LogP contribution in [-0.4, -0.2) is 29.4 Å². The molecule has 1 aliphatic heterocycles. The molecule has 5 nitrogen and oxygen atoms in total. The molecule has 0 radical (unpaired) electrons. The smallest absolute Gasteiger partial charge is 0.314 e. The molecule has 0 atom stereocenters. The highest BCUT2D eigenvalue weighted by Gasteiger charge is 2.48. The Morgan fingerprint density at radius 2 is 1.86 bits per heavy atom. The Morgan fingerprint density at radius 3 is 2.52 bits per heavy atom. The Hall–Kier alpha value is -1.62. The van der Waals surface area contributed by atoms with Crippen LogP contribution in [0.25, 0.3) is 0 Å². The lowest BCUT2D eigenvalue weighted by atomic mass is 9.77. The van der Waals surface area contributed by atoms with Gasteiger partial charge >= 0.3 is 5.97 Å². The second-order valence-corrected chi connectivity index (χ2v) is 5.96. The lowest BCUT2D eigenvalue weighted by Gasteiger charge is -2.28. The maximum absolute atomic E-state index is 11.9. The van der Waals surface area contributed by atoms with Crippen LogP contribution in [0.3, 0.4) is 0 Å². The normalized spacial score (nSPS) is 20.0. The molecule has 114 valence electrons. The maximum Gasteiger partial charge on any atom is 0.314 e. The number of fused-ring (bicyclic) bond motifs is 1. The van der Waals surface area contributed by atoms with E-state index in [4.69, 9.17) is 21.1 Å². The zero-order valence-corrected chi connectivity index (χ0v) is 12.3. The van der Waals surface area contributed by atoms with Crippen LogP contribution in [0.5, 0.6) is 17.2 Å². The molecule has 3 rings (SSSR count). The number of phenolic OH excluding ortho intramolecular Hbond substituents is 1. The molecule has 0 saturated heterocycles. The van der Waals surface area contributed by atoms with Crippen molar-refractivity contribution in [2.24, 2.45) is 0 Å². The number of hydrogen-bond acceptors (Lipinski definition) is 4. The van der Waals surface area contributed by atoms with Crippen molar-refractivity contribution in [3.8, 4) is 17.2 Å². The second-order valence-electron chi connectivity index (χ2n) is 5.55. The number of hydrogen-bond donors (Lipinski definition) is 2. The average Bonchev–Trinajstić information content (AvgIpc) is 2.83. The van der Waals surface area contributed by atoms with E-state index in [1.807, 2.05) is 0 Å². The number of aliphatic carboxylic acids is 1. The fourth-order valence-electron chi connectivity index (χ4n) is 3.26. The first-order valence-corrected chi connectivity index (χ1v) is 7.49. The largest absolute Gasteiger partial charge is 0.506 e. The van der Waals surface area contributed by atoms with Gasteiger partial charge in [0.25, 0.3) is 0 Å². The van der Waals surface area contributed by atoms with Crippen LogP contribution in [0.15, 0.2) is 6.07 Å². The van der Waals surface area contributed by atoms with Gasteiger partial charge in [-0.2, -0.15) is 0 Å². The summed E-state index contributed by atoms with van der Waals surface area (Å²) >= 11 is 6.07. The number of phenols is 1. The molecule has 1 heterocycles. The van der Waals surface area contributed by atoms with Gasteiger partial charge in [0, 0.05) is 12.5 Å². The van der Waals surface area contributed by atoms with Crippen LogP contribution in [-0.2, 0) is 10.2 Å². The van der Waals surface area contributed by atoms with Gasteiger partial charge in [-0.3, -0.25) is 4.79 Å². The zero-order valence-electron chi connectivity index (χ0n) is 11.5. The van der Waals surface area contributed by atoms with Crippen molar-refractivity contribution in [1.82, 2.24) is 0 Å². The molecule has 6 heteroatoms. The Morgan fingerprint density at radius 1 is 1.19 bits per heavy atom. The number of halogens is 1. The molecule has 1 aromatic rings. The molecule has 1 saturated carbocycles. The minimum absolute atomic E-state index is 0.0989. The molecule has 1 fully saturated rings. The van der Waals surface area contributed by atoms with Gasteiger partial charge < -0.3 is 19.7 Å². The summed E-state index contributed by atoms with van der Waals surface area (Å²) in [5, 5.41) is 20.2. The Labute approximate surface area is 127 Å². The molecule has 21 heavy (non-hydrogen) atoms. The summed E-state index contributed by atoms with van der Waals surface area (Å²) in [5.74, 6) is -0.408. The minimum atomic E-state index is -1.15. The number of carbonyl (C=O) groups is 1. The maximum atomic E-state index is 11.9. The van der Waals surface area contributed by atoms with E-state index in [2.05, 4.69) is 0 Å². The van der Waals surface area contributed by atoms with Crippen LogP contribution >= 0.6 is 11.6 Å². The molecule has 2 N–H and O–H groups in total. The van der Waals surface area contributed by atoms with Gasteiger partial charge in [-0.25, -0.2) is 0 Å². The van der Waals surface area contributed by atoms with Crippen LogP contribution in [0.2, 0.25) is 5.02 Å². The van der Waals surface area contributed by atoms with Crippen molar-refractivity contribution in [3.63, 3.8) is 0 Å². The highest BCUT2D eigenvalue weighted by atomic mass is 35.5. The van der Waals surface area contributed by atoms with Crippen molar-refractivity contribution in [2.75, 3.05) is 13.2 Å². The second kappa shape index (κ2) is 5.30. The molecule has 1 aliphatic carbocycles. The van der Waals surface area contributed by atoms with E-state index in [-0.39, 0.29) is 16.3 Å². The number of carboxylic acids is 1. The molecule has 1 aromatic carbocycles. The van der Waals surface area contributed by atoms with Crippen LogP contribution in [0.4, 0.5) is 0 Å². The zero-order chi connectivity index (χ0) is 15.0. The number of carboxylic acid groups (broad SMARTS) is 1. The minimum Gasteiger partial charge on any atom is -0.506 e. The summed E-state index contributed by atoms with van der Waals surface area (Å²) in [4.78, 5) is 11.9. The Kier molecular flexibility index (Phi) is 3.61. The summed E-state index contributed by atoms with van der Waals surface area (Å²) in [6.45, 7) is 0.907. The van der Waals surface area contributed by atoms with Crippen molar-refractivity contribution >= 4 is 17.6 Å². The predicted molar refractivity (Wildman–Crippen MR) is 76.5 cm³/mol. The lowest BCUT2D eigenvalue weighted by molar-refractivity contribution is -0.143. The van der Waals surface area contributed by atoms with Gasteiger partial charge in [-0.1, -0.05) is 24.4 Å². The number of benzene rings is 1. The summed E-state index contributed by atoms with van der Waals surface area (Å²) in [5.41, 5.74) is -0.871. The average molecular weight is 313 g/mol. The quantitative estimate of drug-likeness (QED) is 0.877. The van der Waals surface area contributed by atoms with Gasteiger partial charge in [-0.15, -0.1) is 0 Å². The summed E-state index contributed by atoms with van der Waals surface area (Å²) in [6.07, 6.45) is 3.23. The van der Waals surface area contributed by atoms with Gasteiger partial charge in [-0.05, 0) is 12.8 Å². The third kappa shape index (κ3) is 2.20. The van der Waals surface area contributed by atoms with Gasteiger partial charge in [0.05, 0.1) is 23.8 Å². The van der Waals surface area contributed by atoms with E-state index in [0.29, 0.717) is 44.0 Å². The fourth-order valence-corrected chi connectivity index (χ4v) is 3.45. The van der Waals surface area contributed by atoms with E-state index in [1.165, 1.54) is 6.07 Å². The number of rotatable bonds is 2. The monoisotopic (exact) mass is 312 g/mol. The Bertz CT molecular complexity index is 578. The third-order valence-electron chi connectivity index (χ3n) is 4.31.